The van der Waals surface area contributed by atoms with Crippen LogP contribution in [0.1, 0.15) is 15.9 Å². The predicted molar refractivity (Wildman–Crippen MR) is 111 cm³/mol. The van der Waals surface area contributed by atoms with Crippen LogP contribution in [0.25, 0.3) is 0 Å². The van der Waals surface area contributed by atoms with Crippen LogP contribution >= 0.6 is 0 Å². The smallest absolute Gasteiger partial charge is 0.259 e. The first-order valence-electron chi connectivity index (χ1n) is 9.14. The number of methoxy groups -OCH3 is 2. The minimum absolute atomic E-state index is 0.131. The molecule has 0 saturated carbocycles. The molecule has 6 nitrogen and oxygen atoms in total. The zero-order valence-corrected chi connectivity index (χ0v) is 16.3. The summed E-state index contributed by atoms with van der Waals surface area (Å²) >= 11 is 0. The number of hydrogen-bond donors (Lipinski definition) is 2. The standard InChI is InChI=1S/C23H23NO5/c1-27-20-11-4-3-7-16(20)13-14-29-18-9-5-8-17(15-18)24-23(26)19-10-6-12-21(28-2)22(19)25/h3-12,15,25H,13-14H2,1-2H3,(H,24,26). The Morgan fingerprint density at radius 1 is 0.931 bits per heavy atom. The molecule has 3 aromatic rings. The van der Waals surface area contributed by atoms with Crippen molar-refractivity contribution in [2.24, 2.45) is 0 Å². The molecule has 0 aliphatic rings. The maximum absolute atomic E-state index is 12.5. The van der Waals surface area contributed by atoms with Crippen molar-refractivity contribution >= 4 is 11.6 Å². The number of carbonyl (C=O) groups excluding carboxylic acids is 1. The summed E-state index contributed by atoms with van der Waals surface area (Å²) in [7, 11) is 3.08. The van der Waals surface area contributed by atoms with Gasteiger partial charge < -0.3 is 24.6 Å². The normalized spacial score (nSPS) is 10.3. The number of rotatable bonds is 8. The number of para-hydroxylation sites is 2. The number of phenolic OH excluding ortho intramolecular Hbond substituents is 1. The maximum atomic E-state index is 12.5. The number of hydrogen-bond acceptors (Lipinski definition) is 5. The summed E-state index contributed by atoms with van der Waals surface area (Å²) in [6.45, 7) is 0.467. The van der Waals surface area contributed by atoms with Crippen LogP contribution in [0.4, 0.5) is 5.69 Å². The second kappa shape index (κ2) is 9.50. The molecule has 29 heavy (non-hydrogen) atoms. The molecule has 0 spiro atoms. The first-order chi connectivity index (χ1) is 14.1. The van der Waals surface area contributed by atoms with Crippen molar-refractivity contribution < 1.29 is 24.1 Å². The Kier molecular flexibility index (Phi) is 6.58. The van der Waals surface area contributed by atoms with Crippen molar-refractivity contribution in [3.8, 4) is 23.0 Å². The summed E-state index contributed by atoms with van der Waals surface area (Å²) < 4.78 is 16.2. The molecule has 0 heterocycles. The van der Waals surface area contributed by atoms with Crippen LogP contribution < -0.4 is 19.5 Å². The zero-order valence-electron chi connectivity index (χ0n) is 16.3. The molecular weight excluding hydrogens is 370 g/mol. The van der Waals surface area contributed by atoms with E-state index in [9.17, 15) is 9.90 Å². The average molecular weight is 393 g/mol. The van der Waals surface area contributed by atoms with Gasteiger partial charge in [0.15, 0.2) is 11.5 Å². The van der Waals surface area contributed by atoms with Gasteiger partial charge in [0.2, 0.25) is 0 Å². The molecule has 2 N–H and O–H groups in total. The topological polar surface area (TPSA) is 77.0 Å². The van der Waals surface area contributed by atoms with Gasteiger partial charge >= 0.3 is 0 Å². The van der Waals surface area contributed by atoms with Gasteiger partial charge in [-0.05, 0) is 35.9 Å². The highest BCUT2D eigenvalue weighted by Gasteiger charge is 2.15. The first-order valence-corrected chi connectivity index (χ1v) is 9.14. The minimum atomic E-state index is -0.437. The van der Waals surface area contributed by atoms with E-state index in [0.717, 1.165) is 11.3 Å². The fourth-order valence-electron chi connectivity index (χ4n) is 2.92. The lowest BCUT2D eigenvalue weighted by Crippen LogP contribution is -2.12. The first kappa shape index (κ1) is 20.1. The van der Waals surface area contributed by atoms with Crippen molar-refractivity contribution in [3.05, 3.63) is 77.9 Å². The van der Waals surface area contributed by atoms with Gasteiger partial charge in [0, 0.05) is 18.2 Å². The Labute approximate surface area is 169 Å². The maximum Gasteiger partial charge on any atom is 0.259 e. The number of anilines is 1. The van der Waals surface area contributed by atoms with Crippen molar-refractivity contribution in [1.82, 2.24) is 0 Å². The molecular formula is C23H23NO5. The molecule has 0 aromatic heterocycles. The van der Waals surface area contributed by atoms with Gasteiger partial charge in [-0.15, -0.1) is 0 Å². The van der Waals surface area contributed by atoms with Crippen molar-refractivity contribution in [2.75, 3.05) is 26.1 Å². The van der Waals surface area contributed by atoms with Crippen LogP contribution in [0.5, 0.6) is 23.0 Å². The van der Waals surface area contributed by atoms with E-state index in [0.29, 0.717) is 24.5 Å². The summed E-state index contributed by atoms with van der Waals surface area (Å²) in [5.41, 5.74) is 1.76. The number of nitrogens with one attached hydrogen (secondary N) is 1. The predicted octanol–water partition coefficient (Wildman–Crippen LogP) is 4.28. The van der Waals surface area contributed by atoms with Crippen LogP contribution in [-0.4, -0.2) is 31.8 Å². The quantitative estimate of drug-likeness (QED) is 0.597. The number of amides is 1. The summed E-state index contributed by atoms with van der Waals surface area (Å²) in [5, 5.41) is 12.9. The van der Waals surface area contributed by atoms with E-state index < -0.39 is 5.91 Å². The molecule has 0 atom stereocenters. The van der Waals surface area contributed by atoms with Gasteiger partial charge in [-0.25, -0.2) is 0 Å². The highest BCUT2D eigenvalue weighted by atomic mass is 16.5. The van der Waals surface area contributed by atoms with Crippen LogP contribution in [0.2, 0.25) is 0 Å². The molecule has 0 bridgehead atoms. The molecule has 0 aliphatic carbocycles. The summed E-state index contributed by atoms with van der Waals surface area (Å²) in [6, 6.07) is 19.7. The Balaban J connectivity index is 1.63. The molecule has 150 valence electrons. The molecule has 1 amide bonds. The third-order valence-corrected chi connectivity index (χ3v) is 4.39. The Bertz CT molecular complexity index is 987. The van der Waals surface area contributed by atoms with E-state index in [1.807, 2.05) is 30.3 Å². The van der Waals surface area contributed by atoms with Crippen LogP contribution in [0.3, 0.4) is 0 Å². The van der Waals surface area contributed by atoms with E-state index in [1.54, 1.807) is 37.4 Å². The van der Waals surface area contributed by atoms with Gasteiger partial charge in [0.05, 0.1) is 26.4 Å². The lowest BCUT2D eigenvalue weighted by atomic mass is 10.1. The molecule has 0 aliphatic heterocycles. The lowest BCUT2D eigenvalue weighted by Gasteiger charge is -2.12. The van der Waals surface area contributed by atoms with Crippen LogP contribution in [0.15, 0.2) is 66.7 Å². The van der Waals surface area contributed by atoms with Gasteiger partial charge in [-0.1, -0.05) is 30.3 Å². The number of carbonyl (C=O) groups is 1. The fourth-order valence-corrected chi connectivity index (χ4v) is 2.92. The largest absolute Gasteiger partial charge is 0.504 e. The molecule has 6 heteroatoms. The second-order valence-electron chi connectivity index (χ2n) is 6.25. The number of phenols is 1. The molecule has 3 aromatic carbocycles. The SMILES string of the molecule is COc1ccccc1CCOc1cccc(NC(=O)c2cccc(OC)c2O)c1. The molecule has 3 rings (SSSR count). The van der Waals surface area contributed by atoms with E-state index in [4.69, 9.17) is 14.2 Å². The van der Waals surface area contributed by atoms with E-state index in [2.05, 4.69) is 5.32 Å². The fraction of sp³-hybridized carbons (Fsp3) is 0.174. The van der Waals surface area contributed by atoms with Gasteiger partial charge in [-0.3, -0.25) is 4.79 Å². The highest BCUT2D eigenvalue weighted by Crippen LogP contribution is 2.30. The molecule has 0 saturated heterocycles. The summed E-state index contributed by atoms with van der Waals surface area (Å²) in [5.74, 6) is 1.07. The Hall–Kier alpha value is -3.67. The van der Waals surface area contributed by atoms with E-state index in [-0.39, 0.29) is 17.1 Å². The third kappa shape index (κ3) is 4.99. The van der Waals surface area contributed by atoms with Crippen LogP contribution in [0, 0.1) is 0 Å². The van der Waals surface area contributed by atoms with E-state index in [1.165, 1.54) is 13.2 Å². The number of aromatic hydroxyl groups is 1. The Morgan fingerprint density at radius 2 is 1.66 bits per heavy atom. The molecule has 0 fully saturated rings. The van der Waals surface area contributed by atoms with Crippen molar-refractivity contribution in [3.63, 3.8) is 0 Å². The van der Waals surface area contributed by atoms with E-state index >= 15 is 0 Å². The number of ether oxygens (including phenoxy) is 3. The lowest BCUT2D eigenvalue weighted by molar-refractivity contribution is 0.102. The molecule has 0 radical (unpaired) electrons. The minimum Gasteiger partial charge on any atom is -0.504 e. The van der Waals surface area contributed by atoms with Gasteiger partial charge in [-0.2, -0.15) is 0 Å². The average Bonchev–Trinajstić information content (AvgIpc) is 2.74. The second-order valence-corrected chi connectivity index (χ2v) is 6.25. The third-order valence-electron chi connectivity index (χ3n) is 4.39. The summed E-state index contributed by atoms with van der Waals surface area (Å²) in [4.78, 5) is 12.5. The Morgan fingerprint density at radius 3 is 2.45 bits per heavy atom. The summed E-state index contributed by atoms with van der Waals surface area (Å²) in [6.07, 6.45) is 0.693. The van der Waals surface area contributed by atoms with Crippen LogP contribution in [-0.2, 0) is 6.42 Å². The van der Waals surface area contributed by atoms with Crippen molar-refractivity contribution in [2.45, 2.75) is 6.42 Å². The zero-order chi connectivity index (χ0) is 20.6. The molecule has 0 unspecified atom stereocenters. The number of benzene rings is 3. The monoisotopic (exact) mass is 393 g/mol. The van der Waals surface area contributed by atoms with Crippen molar-refractivity contribution in [1.29, 1.82) is 0 Å². The van der Waals surface area contributed by atoms with Gasteiger partial charge in [0.25, 0.3) is 5.91 Å². The highest BCUT2D eigenvalue weighted by molar-refractivity contribution is 6.06. The van der Waals surface area contributed by atoms with Gasteiger partial charge in [0.1, 0.15) is 11.5 Å².